The number of rotatable bonds is 6. The van der Waals surface area contributed by atoms with Gasteiger partial charge < -0.3 is 10.1 Å². The van der Waals surface area contributed by atoms with E-state index in [1.807, 2.05) is 60.9 Å². The maximum atomic E-state index is 12.5. The minimum atomic E-state index is -0.139. The lowest BCUT2D eigenvalue weighted by Crippen LogP contribution is -2.23. The van der Waals surface area contributed by atoms with Crippen molar-refractivity contribution in [3.63, 3.8) is 0 Å². The smallest absolute Gasteiger partial charge is 0.251 e. The average Bonchev–Trinajstić information content (AvgIpc) is 3.29. The molecule has 4 rings (SSSR count). The molecule has 6 heteroatoms. The van der Waals surface area contributed by atoms with Gasteiger partial charge in [0.1, 0.15) is 5.75 Å². The molecule has 0 aliphatic heterocycles. The van der Waals surface area contributed by atoms with E-state index in [2.05, 4.69) is 15.4 Å². The zero-order chi connectivity index (χ0) is 20.1. The molecule has 1 amide bonds. The van der Waals surface area contributed by atoms with E-state index >= 15 is 0 Å². The number of aromatic nitrogens is 3. The van der Waals surface area contributed by atoms with Crippen molar-refractivity contribution in [2.24, 2.45) is 0 Å². The number of pyridine rings is 1. The molecule has 29 heavy (non-hydrogen) atoms. The van der Waals surface area contributed by atoms with E-state index in [9.17, 15) is 4.79 Å². The number of amides is 1. The number of hydrogen-bond acceptors (Lipinski definition) is 4. The lowest BCUT2D eigenvalue weighted by Gasteiger charge is -2.10. The third kappa shape index (κ3) is 4.16. The summed E-state index contributed by atoms with van der Waals surface area (Å²) in [5.41, 5.74) is 4.46. The van der Waals surface area contributed by atoms with Crippen LogP contribution in [0.2, 0.25) is 0 Å². The zero-order valence-electron chi connectivity index (χ0n) is 15.9. The Balaban J connectivity index is 1.44. The molecule has 0 saturated carbocycles. The number of carbonyl (C=O) groups is 1. The molecule has 4 aromatic rings. The first kappa shape index (κ1) is 18.4. The number of para-hydroxylation sites is 1. The van der Waals surface area contributed by atoms with Crippen LogP contribution in [0.25, 0.3) is 16.8 Å². The fourth-order valence-corrected chi connectivity index (χ4v) is 3.05. The molecule has 0 radical (unpaired) electrons. The largest absolute Gasteiger partial charge is 0.496 e. The molecule has 0 atom stereocenters. The van der Waals surface area contributed by atoms with Crippen LogP contribution in [0.1, 0.15) is 15.9 Å². The lowest BCUT2D eigenvalue weighted by molar-refractivity contribution is 0.0950. The van der Waals surface area contributed by atoms with Gasteiger partial charge in [0.25, 0.3) is 5.91 Å². The molecular formula is C23H20N4O2. The SMILES string of the molecule is COc1ccccc1CNC(=O)c1ccc(-n2cc(-c3ccncc3)cn2)cc1. The Bertz CT molecular complexity index is 1110. The van der Waals surface area contributed by atoms with Crippen molar-refractivity contribution in [3.05, 3.63) is 96.6 Å². The molecule has 0 aliphatic rings. The van der Waals surface area contributed by atoms with Crippen molar-refractivity contribution in [2.75, 3.05) is 7.11 Å². The molecule has 0 saturated heterocycles. The lowest BCUT2D eigenvalue weighted by atomic mass is 10.1. The number of carbonyl (C=O) groups excluding carboxylic acids is 1. The van der Waals surface area contributed by atoms with Crippen LogP contribution in [-0.4, -0.2) is 27.8 Å². The second-order valence-electron chi connectivity index (χ2n) is 6.45. The monoisotopic (exact) mass is 384 g/mol. The summed E-state index contributed by atoms with van der Waals surface area (Å²) in [6, 6.07) is 18.8. The van der Waals surface area contributed by atoms with Crippen LogP contribution >= 0.6 is 0 Å². The number of ether oxygens (including phenoxy) is 1. The summed E-state index contributed by atoms with van der Waals surface area (Å²) in [6.07, 6.45) is 7.27. The van der Waals surface area contributed by atoms with Gasteiger partial charge in [-0.05, 0) is 48.0 Å². The van der Waals surface area contributed by atoms with E-state index in [4.69, 9.17) is 4.74 Å². The molecular weight excluding hydrogens is 364 g/mol. The zero-order valence-corrected chi connectivity index (χ0v) is 15.9. The van der Waals surface area contributed by atoms with Gasteiger partial charge in [0.15, 0.2) is 0 Å². The molecule has 2 aromatic heterocycles. The Hall–Kier alpha value is -3.93. The summed E-state index contributed by atoms with van der Waals surface area (Å²) in [6.45, 7) is 0.402. The molecule has 2 heterocycles. The average molecular weight is 384 g/mol. The highest BCUT2D eigenvalue weighted by molar-refractivity contribution is 5.94. The molecule has 2 aromatic carbocycles. The second kappa shape index (κ2) is 8.39. The molecule has 1 N–H and O–H groups in total. The maximum absolute atomic E-state index is 12.5. The summed E-state index contributed by atoms with van der Waals surface area (Å²) >= 11 is 0. The predicted octanol–water partition coefficient (Wildman–Crippen LogP) is 3.87. The summed E-state index contributed by atoms with van der Waals surface area (Å²) < 4.78 is 7.10. The first-order chi connectivity index (χ1) is 14.2. The summed E-state index contributed by atoms with van der Waals surface area (Å²) in [7, 11) is 1.62. The second-order valence-corrected chi connectivity index (χ2v) is 6.45. The summed E-state index contributed by atoms with van der Waals surface area (Å²) in [4.78, 5) is 16.5. The van der Waals surface area contributed by atoms with E-state index < -0.39 is 0 Å². The molecule has 0 spiro atoms. The van der Waals surface area contributed by atoms with Gasteiger partial charge in [-0.3, -0.25) is 9.78 Å². The Kier molecular flexibility index (Phi) is 5.33. The summed E-state index contributed by atoms with van der Waals surface area (Å²) in [5, 5.41) is 7.34. The van der Waals surface area contributed by atoms with Gasteiger partial charge in [0, 0.05) is 41.8 Å². The number of benzene rings is 2. The van der Waals surface area contributed by atoms with E-state index in [1.54, 1.807) is 36.3 Å². The van der Waals surface area contributed by atoms with E-state index in [-0.39, 0.29) is 5.91 Å². The van der Waals surface area contributed by atoms with Gasteiger partial charge in [-0.2, -0.15) is 5.10 Å². The number of hydrogen-bond donors (Lipinski definition) is 1. The van der Waals surface area contributed by atoms with Crippen molar-refractivity contribution in [1.29, 1.82) is 0 Å². The van der Waals surface area contributed by atoms with E-state index in [0.29, 0.717) is 12.1 Å². The van der Waals surface area contributed by atoms with Gasteiger partial charge in [-0.1, -0.05) is 18.2 Å². The molecule has 0 fully saturated rings. The Morgan fingerprint density at radius 2 is 1.76 bits per heavy atom. The minimum absolute atomic E-state index is 0.139. The third-order valence-electron chi connectivity index (χ3n) is 4.62. The summed E-state index contributed by atoms with van der Waals surface area (Å²) in [5.74, 6) is 0.618. The van der Waals surface area contributed by atoms with Crippen molar-refractivity contribution in [3.8, 4) is 22.6 Å². The predicted molar refractivity (Wildman–Crippen MR) is 111 cm³/mol. The molecule has 144 valence electrons. The van der Waals surface area contributed by atoms with Crippen LogP contribution < -0.4 is 10.1 Å². The number of nitrogens with one attached hydrogen (secondary N) is 1. The Labute approximate surface area is 168 Å². The highest BCUT2D eigenvalue weighted by Crippen LogP contribution is 2.20. The molecule has 6 nitrogen and oxygen atoms in total. The van der Waals surface area contributed by atoms with Gasteiger partial charge in [0.2, 0.25) is 0 Å². The Morgan fingerprint density at radius 1 is 1.00 bits per heavy atom. The maximum Gasteiger partial charge on any atom is 0.251 e. The Morgan fingerprint density at radius 3 is 2.52 bits per heavy atom. The van der Waals surface area contributed by atoms with E-state index in [0.717, 1.165) is 28.1 Å². The standard InChI is InChI=1S/C23H20N4O2/c1-29-22-5-3-2-4-19(22)14-25-23(28)18-6-8-21(9-7-18)27-16-20(15-26-27)17-10-12-24-13-11-17/h2-13,15-16H,14H2,1H3,(H,25,28). The van der Waals surface area contributed by atoms with Crippen LogP contribution in [-0.2, 0) is 6.54 Å². The highest BCUT2D eigenvalue weighted by atomic mass is 16.5. The first-order valence-electron chi connectivity index (χ1n) is 9.20. The fraction of sp³-hybridized carbons (Fsp3) is 0.0870. The van der Waals surface area contributed by atoms with Gasteiger partial charge in [-0.25, -0.2) is 4.68 Å². The van der Waals surface area contributed by atoms with Gasteiger partial charge >= 0.3 is 0 Å². The van der Waals surface area contributed by atoms with Crippen LogP contribution in [0.4, 0.5) is 0 Å². The minimum Gasteiger partial charge on any atom is -0.496 e. The van der Waals surface area contributed by atoms with Gasteiger partial charge in [-0.15, -0.1) is 0 Å². The van der Waals surface area contributed by atoms with Crippen molar-refractivity contribution in [2.45, 2.75) is 6.54 Å². The van der Waals surface area contributed by atoms with Crippen molar-refractivity contribution >= 4 is 5.91 Å². The molecule has 0 bridgehead atoms. The number of nitrogens with zero attached hydrogens (tertiary/aromatic N) is 3. The van der Waals surface area contributed by atoms with Crippen LogP contribution in [0.5, 0.6) is 5.75 Å². The first-order valence-corrected chi connectivity index (χ1v) is 9.20. The molecule has 0 aliphatic carbocycles. The van der Waals surface area contributed by atoms with E-state index in [1.165, 1.54) is 0 Å². The van der Waals surface area contributed by atoms with Crippen molar-refractivity contribution < 1.29 is 9.53 Å². The molecule has 0 unspecified atom stereocenters. The number of methoxy groups -OCH3 is 1. The topological polar surface area (TPSA) is 69.0 Å². The van der Waals surface area contributed by atoms with Gasteiger partial charge in [0.05, 0.1) is 19.0 Å². The quantitative estimate of drug-likeness (QED) is 0.548. The fourth-order valence-electron chi connectivity index (χ4n) is 3.05. The normalized spacial score (nSPS) is 10.5. The van der Waals surface area contributed by atoms with Crippen LogP contribution in [0.3, 0.4) is 0 Å². The van der Waals surface area contributed by atoms with Crippen LogP contribution in [0.15, 0.2) is 85.5 Å². The highest BCUT2D eigenvalue weighted by Gasteiger charge is 2.09. The van der Waals surface area contributed by atoms with Crippen molar-refractivity contribution in [1.82, 2.24) is 20.1 Å². The van der Waals surface area contributed by atoms with Crippen LogP contribution in [0, 0.1) is 0 Å². The third-order valence-corrected chi connectivity index (χ3v) is 4.62.